The quantitative estimate of drug-likeness (QED) is 0.192. The summed E-state index contributed by atoms with van der Waals surface area (Å²) in [5, 5.41) is 15.1. The van der Waals surface area contributed by atoms with Crippen molar-refractivity contribution in [2.24, 2.45) is 0 Å². The van der Waals surface area contributed by atoms with Crippen LogP contribution in [0.5, 0.6) is 0 Å². The van der Waals surface area contributed by atoms with E-state index in [-0.39, 0.29) is 18.5 Å². The van der Waals surface area contributed by atoms with Gasteiger partial charge in [-0.2, -0.15) is 0 Å². The van der Waals surface area contributed by atoms with Crippen LogP contribution in [0.2, 0.25) is 0 Å². The van der Waals surface area contributed by atoms with Gasteiger partial charge in [-0.25, -0.2) is 0 Å². The fourth-order valence-corrected chi connectivity index (χ4v) is 9.57. The molecule has 0 spiro atoms. The van der Waals surface area contributed by atoms with Crippen LogP contribution < -0.4 is 10.6 Å². The van der Waals surface area contributed by atoms with Crippen LogP contribution in [0.4, 0.5) is 0 Å². The minimum Gasteiger partial charge on any atom is -0.456 e. The van der Waals surface area contributed by atoms with Gasteiger partial charge in [-0.05, 0) is 60.1 Å². The second-order valence-electron chi connectivity index (χ2n) is 13.8. The van der Waals surface area contributed by atoms with Crippen molar-refractivity contribution in [3.05, 3.63) is 168 Å². The van der Waals surface area contributed by atoms with E-state index in [0.29, 0.717) is 0 Å². The molecule has 2 N–H and O–H groups in total. The molecule has 7 aromatic carbocycles. The summed E-state index contributed by atoms with van der Waals surface area (Å²) in [7, 11) is 2.19. The summed E-state index contributed by atoms with van der Waals surface area (Å²) < 4.78 is 15.6. The number of thiophene rings is 1. The highest BCUT2D eigenvalue weighted by Gasteiger charge is 2.37. The molecule has 3 unspecified atom stereocenters. The largest absolute Gasteiger partial charge is 0.456 e. The second kappa shape index (κ2) is 11.6. The van der Waals surface area contributed by atoms with Gasteiger partial charge in [-0.1, -0.05) is 115 Å². The molecule has 0 bridgehead atoms. The average molecular weight is 692 g/mol. The average Bonchev–Trinajstić information content (AvgIpc) is 3.89. The molecule has 6 heteroatoms. The first-order valence-corrected chi connectivity index (χ1v) is 18.6. The Hall–Kier alpha value is -5.76. The summed E-state index contributed by atoms with van der Waals surface area (Å²) in [6.45, 7) is 0. The molecule has 0 saturated carbocycles. The molecule has 0 amide bonds. The smallest absolute Gasteiger partial charge is 0.141 e. The van der Waals surface area contributed by atoms with Gasteiger partial charge < -0.3 is 8.83 Å². The van der Waals surface area contributed by atoms with Gasteiger partial charge in [0.25, 0.3) is 0 Å². The van der Waals surface area contributed by atoms with Crippen LogP contribution in [-0.4, -0.2) is 11.9 Å². The molecule has 3 aromatic heterocycles. The molecule has 0 aliphatic carbocycles. The highest BCUT2D eigenvalue weighted by Crippen LogP contribution is 2.43. The van der Waals surface area contributed by atoms with Crippen molar-refractivity contribution < 1.29 is 8.83 Å². The molecule has 10 aromatic rings. The van der Waals surface area contributed by atoms with Crippen LogP contribution in [0.1, 0.15) is 35.2 Å². The number of para-hydroxylation sites is 2. The SMILES string of the molecule is CN1C(c2ccccc2)NC(c2cccc3c2sc2ccccc23)NC1c1cccc2c1oc1cc(-c3ccc4oc5ccccc5c4c3)ccc12. The number of hydrogen-bond acceptors (Lipinski definition) is 6. The van der Waals surface area contributed by atoms with Crippen LogP contribution in [0.25, 0.3) is 75.2 Å². The van der Waals surface area contributed by atoms with Gasteiger partial charge in [0.15, 0.2) is 0 Å². The van der Waals surface area contributed by atoms with Crippen LogP contribution in [0.15, 0.2) is 160 Å². The van der Waals surface area contributed by atoms with E-state index in [1.54, 1.807) is 0 Å². The molecule has 11 rings (SSSR count). The predicted octanol–water partition coefficient (Wildman–Crippen LogP) is 12.0. The molecule has 1 aliphatic rings. The zero-order valence-corrected chi connectivity index (χ0v) is 29.2. The number of rotatable bonds is 4. The minimum absolute atomic E-state index is 0.0396. The van der Waals surface area contributed by atoms with Gasteiger partial charge in [0, 0.05) is 52.8 Å². The zero-order valence-electron chi connectivity index (χ0n) is 28.3. The first-order valence-electron chi connectivity index (χ1n) is 17.7. The molecule has 1 aliphatic heterocycles. The van der Waals surface area contributed by atoms with Gasteiger partial charge >= 0.3 is 0 Å². The predicted molar refractivity (Wildman–Crippen MR) is 214 cm³/mol. The lowest BCUT2D eigenvalue weighted by molar-refractivity contribution is 0.0423. The molecule has 4 heterocycles. The standard InChI is InChI=1S/C46H33N3O2S/c1-49-45(27-11-3-2-4-12-27)47-44(36-18-10-16-34-32-14-6-8-20-41(32)52-43(34)36)48-46(49)35-17-9-15-33-31-23-21-29(26-40(31)51-42(33)35)28-22-24-39-37(25-28)30-13-5-7-19-38(30)50-39/h2-26,44-48H,1H3. The Morgan fingerprint density at radius 3 is 2.08 bits per heavy atom. The molecule has 3 atom stereocenters. The zero-order chi connectivity index (χ0) is 34.3. The van der Waals surface area contributed by atoms with E-state index < -0.39 is 0 Å². The van der Waals surface area contributed by atoms with Crippen molar-refractivity contribution in [2.45, 2.75) is 18.5 Å². The Kier molecular flexibility index (Phi) is 6.69. The van der Waals surface area contributed by atoms with E-state index in [0.717, 1.165) is 60.6 Å². The summed E-state index contributed by atoms with van der Waals surface area (Å²) >= 11 is 1.87. The third-order valence-corrected chi connectivity index (χ3v) is 12.1. The van der Waals surface area contributed by atoms with Crippen molar-refractivity contribution in [3.63, 3.8) is 0 Å². The van der Waals surface area contributed by atoms with Crippen LogP contribution >= 0.6 is 11.3 Å². The summed E-state index contributed by atoms with van der Waals surface area (Å²) in [5.74, 6) is 0. The molecule has 1 fully saturated rings. The second-order valence-corrected chi connectivity index (χ2v) is 14.9. The molecular weight excluding hydrogens is 659 g/mol. The van der Waals surface area contributed by atoms with Crippen molar-refractivity contribution in [1.82, 2.24) is 15.5 Å². The lowest BCUT2D eigenvalue weighted by atomic mass is 9.99. The molecule has 52 heavy (non-hydrogen) atoms. The summed E-state index contributed by atoms with van der Waals surface area (Å²) in [4.78, 5) is 2.38. The Bertz CT molecular complexity index is 2980. The number of furan rings is 2. The maximum atomic E-state index is 6.88. The van der Waals surface area contributed by atoms with E-state index in [2.05, 4.69) is 162 Å². The topological polar surface area (TPSA) is 53.6 Å². The Morgan fingerprint density at radius 2 is 1.17 bits per heavy atom. The molecule has 1 saturated heterocycles. The van der Waals surface area contributed by atoms with E-state index in [1.807, 2.05) is 23.5 Å². The van der Waals surface area contributed by atoms with E-state index in [4.69, 9.17) is 8.83 Å². The summed E-state index contributed by atoms with van der Waals surface area (Å²) in [6.07, 6.45) is -0.285. The molecular formula is C46H33N3O2S. The first-order chi connectivity index (χ1) is 25.7. The highest BCUT2D eigenvalue weighted by atomic mass is 32.1. The van der Waals surface area contributed by atoms with Gasteiger partial charge in [-0.15, -0.1) is 11.3 Å². The van der Waals surface area contributed by atoms with Crippen LogP contribution in [-0.2, 0) is 0 Å². The van der Waals surface area contributed by atoms with Crippen molar-refractivity contribution in [1.29, 1.82) is 0 Å². The van der Waals surface area contributed by atoms with Crippen molar-refractivity contribution in [3.8, 4) is 11.1 Å². The van der Waals surface area contributed by atoms with Gasteiger partial charge in [0.2, 0.25) is 0 Å². The maximum Gasteiger partial charge on any atom is 0.141 e. The van der Waals surface area contributed by atoms with Crippen LogP contribution in [0.3, 0.4) is 0 Å². The molecule has 5 nitrogen and oxygen atoms in total. The van der Waals surface area contributed by atoms with Gasteiger partial charge in [0.05, 0.1) is 18.5 Å². The summed E-state index contributed by atoms with van der Waals surface area (Å²) in [5.41, 5.74) is 9.40. The maximum absolute atomic E-state index is 6.88. The lowest BCUT2D eigenvalue weighted by Gasteiger charge is -2.45. The Labute approximate surface area is 303 Å². The number of fused-ring (bicyclic) bond motifs is 9. The third-order valence-electron chi connectivity index (χ3n) is 10.9. The summed E-state index contributed by atoms with van der Waals surface area (Å²) in [6, 6.07) is 53.9. The highest BCUT2D eigenvalue weighted by molar-refractivity contribution is 7.26. The van der Waals surface area contributed by atoms with Crippen molar-refractivity contribution in [2.75, 3.05) is 7.05 Å². The molecule has 0 radical (unpaired) electrons. The number of benzene rings is 7. The van der Waals surface area contributed by atoms with E-state index in [1.165, 1.54) is 31.3 Å². The number of nitrogens with one attached hydrogen (secondary N) is 2. The normalized spacial score (nSPS) is 18.4. The Balaban J connectivity index is 1.03. The van der Waals surface area contributed by atoms with E-state index in [9.17, 15) is 0 Å². The minimum atomic E-state index is -0.137. The van der Waals surface area contributed by atoms with Crippen molar-refractivity contribution >= 4 is 75.4 Å². The first kappa shape index (κ1) is 29.9. The Morgan fingerprint density at radius 1 is 0.500 bits per heavy atom. The molecule has 250 valence electrons. The third kappa shape index (κ3) is 4.59. The number of nitrogens with zero attached hydrogens (tertiary/aromatic N) is 1. The van der Waals surface area contributed by atoms with Crippen LogP contribution in [0, 0.1) is 0 Å². The van der Waals surface area contributed by atoms with E-state index >= 15 is 0 Å². The lowest BCUT2D eigenvalue weighted by Crippen LogP contribution is -2.54. The fraction of sp³-hybridized carbons (Fsp3) is 0.0870. The van der Waals surface area contributed by atoms with Gasteiger partial charge in [-0.3, -0.25) is 15.5 Å². The number of hydrogen-bond donors (Lipinski definition) is 2. The van der Waals surface area contributed by atoms with Gasteiger partial charge in [0.1, 0.15) is 22.3 Å². The fourth-order valence-electron chi connectivity index (χ4n) is 8.32. The monoisotopic (exact) mass is 691 g/mol.